The topological polar surface area (TPSA) is 103 Å². The van der Waals surface area contributed by atoms with Crippen LogP contribution in [0, 0.1) is 13.8 Å². The van der Waals surface area contributed by atoms with E-state index < -0.39 is 32.1 Å². The zero-order valence-corrected chi connectivity index (χ0v) is 38.4. The van der Waals surface area contributed by atoms with Gasteiger partial charge in [-0.25, -0.2) is 16.8 Å². The number of sulfonamides is 2. The fourth-order valence-corrected chi connectivity index (χ4v) is 11.7. The Morgan fingerprint density at radius 3 is 0.954 bits per heavy atom. The molecule has 0 spiro atoms. The van der Waals surface area contributed by atoms with E-state index in [1.807, 2.05) is 208 Å². The average Bonchev–Trinajstić information content (AvgIpc) is 4.18. The molecule has 2 aliphatic heterocycles. The fraction of sp³-hybridized carbons (Fsp3) is 0.111. The van der Waals surface area contributed by atoms with Crippen LogP contribution in [0.5, 0.6) is 0 Å². The van der Waals surface area contributed by atoms with Crippen molar-refractivity contribution < 1.29 is 33.9 Å². The number of aryl methyl sites for hydroxylation is 2. The second kappa shape index (κ2) is 19.2. The maximum Gasteiger partial charge on any atom is 2.00 e. The van der Waals surface area contributed by atoms with Gasteiger partial charge in [0.1, 0.15) is 0 Å². The molecular formula is C54H46FeN4O4S2. The van der Waals surface area contributed by atoms with E-state index in [2.05, 4.69) is 0 Å². The summed E-state index contributed by atoms with van der Waals surface area (Å²) >= 11 is 0. The van der Waals surface area contributed by atoms with Gasteiger partial charge >= 0.3 is 17.1 Å². The molecule has 6 aromatic rings. The minimum Gasteiger partial charge on any atom is -0.456 e. The van der Waals surface area contributed by atoms with Crippen LogP contribution in [0.1, 0.15) is 57.5 Å². The van der Waals surface area contributed by atoms with E-state index in [9.17, 15) is 16.8 Å². The molecule has 10 rings (SSSR count). The van der Waals surface area contributed by atoms with Crippen molar-refractivity contribution in [2.75, 3.05) is 0 Å². The standard InChI is InChI=1S/2C27H23N2O2S.Fe/c2*1-20-16-18-24(19-17-20)32(30,31)29-26(22-12-6-3-7-13-22)25(21-10-4-2-5-11-21)28-27(29)23-14-8-9-15-23;/h2*2-19,25-26H,1H3;/q2*-1;+2/t2*25-,26-;/m11./s1. The molecule has 0 N–H and O–H groups in total. The second-order valence-electron chi connectivity index (χ2n) is 15.9. The van der Waals surface area contributed by atoms with Gasteiger partial charge in [-0.2, -0.15) is 0 Å². The summed E-state index contributed by atoms with van der Waals surface area (Å²) in [5.41, 5.74) is 7.37. The minimum absolute atomic E-state index is 0. The number of benzene rings is 6. The number of hydrogen-bond acceptors (Lipinski definition) is 4. The Bertz CT molecular complexity index is 2810. The third-order valence-electron chi connectivity index (χ3n) is 11.6. The molecule has 0 aromatic heterocycles. The van der Waals surface area contributed by atoms with Crippen molar-refractivity contribution in [1.82, 2.24) is 8.61 Å². The molecule has 0 saturated carbocycles. The molecule has 4 aliphatic rings. The van der Waals surface area contributed by atoms with Crippen molar-refractivity contribution in [2.45, 2.75) is 47.8 Å². The van der Waals surface area contributed by atoms with E-state index in [0.29, 0.717) is 11.6 Å². The summed E-state index contributed by atoms with van der Waals surface area (Å²) in [5, 5.41) is 10.0. The first-order chi connectivity index (χ1) is 31.1. The fourth-order valence-electron chi connectivity index (χ4n) is 8.41. The molecule has 2 heterocycles. The monoisotopic (exact) mass is 934 g/mol. The first-order valence-corrected chi connectivity index (χ1v) is 24.0. The SMILES string of the molecule is Cc1ccc(S(=O)(=O)N2C(=C3C=CC=C3)[N-][C@H](c3ccccc3)[C@H]2c2ccccc2)cc1.Cc1ccc(S(=O)(=O)N2C(=C3C=CC=C3)[N-][C@H](c3ccccc3)[C@H]2c2ccccc2)cc1.[Fe+2]. The molecule has 0 bridgehead atoms. The predicted octanol–water partition coefficient (Wildman–Crippen LogP) is 12.4. The molecule has 326 valence electrons. The van der Waals surface area contributed by atoms with Crippen LogP contribution >= 0.6 is 0 Å². The maximum atomic E-state index is 14.1. The summed E-state index contributed by atoms with van der Waals surface area (Å²) in [6, 6.07) is 51.6. The number of rotatable bonds is 8. The molecule has 6 aromatic carbocycles. The van der Waals surface area contributed by atoms with Crippen molar-refractivity contribution in [3.8, 4) is 0 Å². The number of allylic oxidation sites excluding steroid dienone is 10. The quantitative estimate of drug-likeness (QED) is 0.142. The van der Waals surface area contributed by atoms with Crippen LogP contribution in [0.4, 0.5) is 0 Å². The van der Waals surface area contributed by atoms with E-state index >= 15 is 0 Å². The first-order valence-electron chi connectivity index (χ1n) is 21.1. The Balaban J connectivity index is 0.000000175. The van der Waals surface area contributed by atoms with E-state index in [4.69, 9.17) is 10.6 Å². The Labute approximate surface area is 393 Å². The van der Waals surface area contributed by atoms with Gasteiger partial charge in [0, 0.05) is 12.1 Å². The summed E-state index contributed by atoms with van der Waals surface area (Å²) in [6.07, 6.45) is 15.3. The smallest absolute Gasteiger partial charge is 0.456 e. The summed E-state index contributed by atoms with van der Waals surface area (Å²) in [4.78, 5) is 0.522. The minimum atomic E-state index is -3.87. The van der Waals surface area contributed by atoms with Crippen molar-refractivity contribution >= 4 is 20.0 Å². The van der Waals surface area contributed by atoms with Gasteiger partial charge in [-0.05, 0) is 95.2 Å². The number of nitrogens with zero attached hydrogens (tertiary/aromatic N) is 4. The van der Waals surface area contributed by atoms with Crippen molar-refractivity contribution in [3.05, 3.63) is 285 Å². The van der Waals surface area contributed by atoms with Gasteiger partial charge in [-0.3, -0.25) is 0 Å². The van der Waals surface area contributed by atoms with Crippen molar-refractivity contribution in [1.29, 1.82) is 0 Å². The van der Waals surface area contributed by atoms with Gasteiger partial charge < -0.3 is 19.2 Å². The maximum absolute atomic E-state index is 14.1. The molecule has 2 aliphatic carbocycles. The van der Waals surface area contributed by atoms with Gasteiger partial charge in [0.15, 0.2) is 0 Å². The van der Waals surface area contributed by atoms with Gasteiger partial charge in [0.2, 0.25) is 20.0 Å². The molecule has 65 heavy (non-hydrogen) atoms. The van der Waals surface area contributed by atoms with Gasteiger partial charge in [-0.15, -0.1) is 0 Å². The van der Waals surface area contributed by atoms with Crippen LogP contribution in [0.3, 0.4) is 0 Å². The summed E-state index contributed by atoms with van der Waals surface area (Å²) < 4.78 is 59.3. The molecular weight excluding hydrogens is 889 g/mol. The zero-order chi connectivity index (χ0) is 44.3. The zero-order valence-electron chi connectivity index (χ0n) is 35.7. The molecule has 4 atom stereocenters. The van der Waals surface area contributed by atoms with E-state index in [-0.39, 0.29) is 38.9 Å². The van der Waals surface area contributed by atoms with Crippen molar-refractivity contribution in [3.63, 3.8) is 0 Å². The third kappa shape index (κ3) is 9.06. The molecule has 0 amide bonds. The van der Waals surface area contributed by atoms with Crippen LogP contribution in [0.15, 0.2) is 251 Å². The summed E-state index contributed by atoms with van der Waals surface area (Å²) in [5.74, 6) is 0.941. The third-order valence-corrected chi connectivity index (χ3v) is 15.2. The largest absolute Gasteiger partial charge is 2.00 e. The molecule has 2 saturated heterocycles. The van der Waals surface area contributed by atoms with Crippen LogP contribution in [0.2, 0.25) is 0 Å². The second-order valence-corrected chi connectivity index (χ2v) is 19.5. The van der Waals surface area contributed by atoms with E-state index in [0.717, 1.165) is 44.5 Å². The van der Waals surface area contributed by atoms with E-state index in [1.165, 1.54) is 8.61 Å². The average molecular weight is 935 g/mol. The Kier molecular flexibility index (Phi) is 13.3. The Morgan fingerprint density at radius 2 is 0.662 bits per heavy atom. The normalized spacial score (nSPS) is 19.8. The molecule has 8 nitrogen and oxygen atoms in total. The van der Waals surface area contributed by atoms with Crippen LogP contribution in [0.25, 0.3) is 10.6 Å². The van der Waals surface area contributed by atoms with Crippen LogP contribution in [-0.4, -0.2) is 25.4 Å². The first kappa shape index (κ1) is 45.0. The van der Waals surface area contributed by atoms with Crippen LogP contribution in [-0.2, 0) is 37.1 Å². The summed E-state index contributed by atoms with van der Waals surface area (Å²) in [7, 11) is -7.73. The Hall–Kier alpha value is -6.62. The van der Waals surface area contributed by atoms with E-state index in [1.54, 1.807) is 24.3 Å². The Morgan fingerprint density at radius 1 is 0.385 bits per heavy atom. The van der Waals surface area contributed by atoms with Crippen LogP contribution < -0.4 is 0 Å². The van der Waals surface area contributed by atoms with Gasteiger partial charge in [0.25, 0.3) is 0 Å². The molecule has 11 heteroatoms. The molecule has 0 unspecified atom stereocenters. The molecule has 0 radical (unpaired) electrons. The van der Waals surface area contributed by atoms with Gasteiger partial charge in [-0.1, -0.05) is 205 Å². The van der Waals surface area contributed by atoms with Crippen molar-refractivity contribution in [2.24, 2.45) is 0 Å². The molecule has 2 fully saturated rings. The van der Waals surface area contributed by atoms with Gasteiger partial charge in [0.05, 0.1) is 9.79 Å². The predicted molar refractivity (Wildman–Crippen MR) is 254 cm³/mol. The summed E-state index contributed by atoms with van der Waals surface area (Å²) in [6.45, 7) is 3.89. The number of hydrogen-bond donors (Lipinski definition) is 0.